The number of carbonyl (C=O) groups excluding carboxylic acids is 1. The summed E-state index contributed by atoms with van der Waals surface area (Å²) >= 11 is 1.28. The van der Waals surface area contributed by atoms with Crippen molar-refractivity contribution in [3.8, 4) is 16.6 Å². The fourth-order valence-electron chi connectivity index (χ4n) is 2.77. The van der Waals surface area contributed by atoms with Crippen molar-refractivity contribution in [2.75, 3.05) is 0 Å². The van der Waals surface area contributed by atoms with Crippen LogP contribution in [0.1, 0.15) is 47.1 Å². The third-order valence-electron chi connectivity index (χ3n) is 3.97. The van der Waals surface area contributed by atoms with Crippen LogP contribution in [0.15, 0.2) is 35.8 Å². The molecule has 1 aromatic carbocycles. The van der Waals surface area contributed by atoms with Crippen LogP contribution in [0.4, 0.5) is 0 Å². The van der Waals surface area contributed by atoms with Crippen molar-refractivity contribution >= 4 is 17.2 Å². The molecular weight excluding hydrogens is 348 g/mol. The second-order valence-corrected chi connectivity index (χ2v) is 7.08. The molecule has 0 aliphatic heterocycles. The minimum absolute atomic E-state index is 0.0495. The van der Waals surface area contributed by atoms with E-state index in [0.717, 1.165) is 5.56 Å². The van der Waals surface area contributed by atoms with Gasteiger partial charge in [0.1, 0.15) is 10.6 Å². The normalized spacial score (nSPS) is 10.9. The molecule has 1 amide bonds. The zero-order valence-corrected chi connectivity index (χ0v) is 15.7. The maximum Gasteiger partial charge on any atom is 0.271 e. The van der Waals surface area contributed by atoms with E-state index < -0.39 is 0 Å². The van der Waals surface area contributed by atoms with E-state index in [2.05, 4.69) is 20.3 Å². The predicted octanol–water partition coefficient (Wildman–Crippen LogP) is 3.67. The molecule has 0 fully saturated rings. The molecular formula is C19H20N4O2S. The van der Waals surface area contributed by atoms with Crippen molar-refractivity contribution in [2.24, 2.45) is 0 Å². The molecule has 3 aromatic rings. The lowest BCUT2D eigenvalue weighted by molar-refractivity contribution is 0.0947. The first-order valence-electron chi connectivity index (χ1n) is 8.30. The first-order valence-corrected chi connectivity index (χ1v) is 9.18. The summed E-state index contributed by atoms with van der Waals surface area (Å²) in [7, 11) is 0. The molecule has 134 valence electrons. The zero-order chi connectivity index (χ0) is 18.7. The molecule has 0 radical (unpaired) electrons. The Morgan fingerprint density at radius 1 is 1.23 bits per heavy atom. The molecule has 0 unspecified atom stereocenters. The Morgan fingerprint density at radius 2 is 1.96 bits per heavy atom. The smallest absolute Gasteiger partial charge is 0.271 e. The Bertz CT molecular complexity index is 899. The number of aryl methyl sites for hydroxylation is 1. The number of aromatic nitrogens is 3. The van der Waals surface area contributed by atoms with Gasteiger partial charge in [-0.25, -0.2) is 9.97 Å². The lowest BCUT2D eigenvalue weighted by atomic mass is 10.0. The van der Waals surface area contributed by atoms with Crippen LogP contribution in [0.2, 0.25) is 0 Å². The van der Waals surface area contributed by atoms with Crippen LogP contribution in [0.3, 0.4) is 0 Å². The number of amides is 1. The number of hydrogen-bond donors (Lipinski definition) is 2. The highest BCUT2D eigenvalue weighted by atomic mass is 32.1. The van der Waals surface area contributed by atoms with Gasteiger partial charge < -0.3 is 10.4 Å². The van der Waals surface area contributed by atoms with E-state index in [0.29, 0.717) is 28.5 Å². The number of hydrogen-bond acceptors (Lipinski definition) is 6. The molecule has 0 spiro atoms. The van der Waals surface area contributed by atoms with E-state index in [-0.39, 0.29) is 23.4 Å². The van der Waals surface area contributed by atoms with Crippen molar-refractivity contribution in [3.63, 3.8) is 0 Å². The van der Waals surface area contributed by atoms with E-state index in [1.54, 1.807) is 5.51 Å². The van der Waals surface area contributed by atoms with Gasteiger partial charge in [0.15, 0.2) is 5.82 Å². The Labute approximate surface area is 156 Å². The summed E-state index contributed by atoms with van der Waals surface area (Å²) in [5, 5.41) is 13.1. The molecule has 0 saturated carbocycles. The number of carbonyl (C=O) groups is 1. The monoisotopic (exact) mass is 368 g/mol. The van der Waals surface area contributed by atoms with Gasteiger partial charge in [-0.1, -0.05) is 44.2 Å². The number of aromatic hydroxyl groups is 1. The molecule has 0 saturated heterocycles. The first-order chi connectivity index (χ1) is 12.5. The maximum atomic E-state index is 12.5. The van der Waals surface area contributed by atoms with Gasteiger partial charge in [0, 0.05) is 17.8 Å². The molecule has 0 bridgehead atoms. The first kappa shape index (κ1) is 18.0. The van der Waals surface area contributed by atoms with Crippen LogP contribution in [0.5, 0.6) is 5.88 Å². The Hall–Kier alpha value is -2.80. The van der Waals surface area contributed by atoms with E-state index in [9.17, 15) is 9.90 Å². The number of thiazole rings is 1. The van der Waals surface area contributed by atoms with Gasteiger partial charge in [-0.15, -0.1) is 11.3 Å². The summed E-state index contributed by atoms with van der Waals surface area (Å²) < 4.78 is 0. The van der Waals surface area contributed by atoms with Crippen molar-refractivity contribution in [3.05, 3.63) is 58.4 Å². The third kappa shape index (κ3) is 3.72. The van der Waals surface area contributed by atoms with Crippen LogP contribution < -0.4 is 5.32 Å². The predicted molar refractivity (Wildman–Crippen MR) is 101 cm³/mol. The highest BCUT2D eigenvalue weighted by Crippen LogP contribution is 2.31. The SMILES string of the molecule is Cc1nc(-c2scnc2C(=O)NCc2ccccc2)nc(O)c1C(C)C. The minimum Gasteiger partial charge on any atom is -0.493 e. The molecule has 2 aromatic heterocycles. The summed E-state index contributed by atoms with van der Waals surface area (Å²) in [4.78, 5) is 25.9. The van der Waals surface area contributed by atoms with E-state index in [1.165, 1.54) is 11.3 Å². The Kier molecular flexibility index (Phi) is 5.27. The zero-order valence-electron chi connectivity index (χ0n) is 14.9. The molecule has 3 rings (SSSR count). The van der Waals surface area contributed by atoms with Crippen LogP contribution in [-0.2, 0) is 6.54 Å². The molecule has 0 aliphatic carbocycles. The fraction of sp³-hybridized carbons (Fsp3) is 0.263. The van der Waals surface area contributed by atoms with Crippen molar-refractivity contribution in [1.29, 1.82) is 0 Å². The fourth-order valence-corrected chi connectivity index (χ4v) is 3.49. The molecule has 2 heterocycles. The van der Waals surface area contributed by atoms with Crippen molar-refractivity contribution < 1.29 is 9.90 Å². The van der Waals surface area contributed by atoms with Crippen molar-refractivity contribution in [2.45, 2.75) is 33.2 Å². The summed E-state index contributed by atoms with van der Waals surface area (Å²) in [6.07, 6.45) is 0. The minimum atomic E-state index is -0.293. The average Bonchev–Trinajstić information content (AvgIpc) is 3.09. The summed E-state index contributed by atoms with van der Waals surface area (Å²) in [5.41, 5.74) is 4.27. The van der Waals surface area contributed by atoms with E-state index in [1.807, 2.05) is 51.1 Å². The number of nitrogens with zero attached hydrogens (tertiary/aromatic N) is 3. The van der Waals surface area contributed by atoms with Gasteiger partial charge in [0.25, 0.3) is 5.91 Å². The molecule has 2 N–H and O–H groups in total. The van der Waals surface area contributed by atoms with Gasteiger partial charge >= 0.3 is 0 Å². The average molecular weight is 368 g/mol. The van der Waals surface area contributed by atoms with Gasteiger partial charge in [-0.3, -0.25) is 4.79 Å². The lowest BCUT2D eigenvalue weighted by Gasteiger charge is -2.12. The molecule has 26 heavy (non-hydrogen) atoms. The molecule has 0 aliphatic rings. The van der Waals surface area contributed by atoms with Crippen molar-refractivity contribution in [1.82, 2.24) is 20.3 Å². The summed E-state index contributed by atoms with van der Waals surface area (Å²) in [6.45, 7) is 6.19. The summed E-state index contributed by atoms with van der Waals surface area (Å²) in [6, 6.07) is 9.66. The highest BCUT2D eigenvalue weighted by molar-refractivity contribution is 7.13. The van der Waals surface area contributed by atoms with Gasteiger partial charge in [0.05, 0.1) is 5.51 Å². The highest BCUT2D eigenvalue weighted by Gasteiger charge is 2.21. The largest absolute Gasteiger partial charge is 0.493 e. The Morgan fingerprint density at radius 3 is 2.62 bits per heavy atom. The number of rotatable bonds is 5. The second-order valence-electron chi connectivity index (χ2n) is 6.22. The second kappa shape index (κ2) is 7.61. The van der Waals surface area contributed by atoms with E-state index in [4.69, 9.17) is 0 Å². The quantitative estimate of drug-likeness (QED) is 0.717. The molecule has 6 nitrogen and oxygen atoms in total. The molecule has 7 heteroatoms. The molecule has 0 atom stereocenters. The van der Waals surface area contributed by atoms with Crippen LogP contribution in [-0.4, -0.2) is 26.0 Å². The van der Waals surface area contributed by atoms with Crippen LogP contribution >= 0.6 is 11.3 Å². The third-order valence-corrected chi connectivity index (χ3v) is 4.80. The lowest BCUT2D eigenvalue weighted by Crippen LogP contribution is -2.23. The van der Waals surface area contributed by atoms with Crippen LogP contribution in [0.25, 0.3) is 10.7 Å². The van der Waals surface area contributed by atoms with Crippen LogP contribution in [0, 0.1) is 6.92 Å². The summed E-state index contributed by atoms with van der Waals surface area (Å²) in [5.74, 6) is 0.0845. The number of nitrogens with one attached hydrogen (secondary N) is 1. The van der Waals surface area contributed by atoms with E-state index >= 15 is 0 Å². The topological polar surface area (TPSA) is 88.0 Å². The number of benzene rings is 1. The standard InChI is InChI=1S/C19H20N4O2S/c1-11(2)14-12(3)22-17(23-18(14)24)16-15(21-10-26-16)19(25)20-9-13-7-5-4-6-8-13/h4-8,10-11H,9H2,1-3H3,(H,20,25)(H,22,23,24). The van der Waals surface area contributed by atoms with Gasteiger partial charge in [-0.05, 0) is 18.4 Å². The van der Waals surface area contributed by atoms with Gasteiger partial charge in [-0.2, -0.15) is 4.98 Å². The maximum absolute atomic E-state index is 12.5. The Balaban J connectivity index is 1.85. The van der Waals surface area contributed by atoms with Gasteiger partial charge in [0.2, 0.25) is 5.88 Å².